The normalized spacial score (nSPS) is 12.0. The first-order chi connectivity index (χ1) is 9.88. The van der Waals surface area contributed by atoms with Gasteiger partial charge in [0.25, 0.3) is 0 Å². The number of anilines is 1. The van der Waals surface area contributed by atoms with Crippen LogP contribution in [0.4, 0.5) is 10.1 Å². The molecule has 1 atom stereocenters. The van der Waals surface area contributed by atoms with E-state index >= 15 is 0 Å². The van der Waals surface area contributed by atoms with Gasteiger partial charge in [-0.05, 0) is 61.7 Å². The van der Waals surface area contributed by atoms with Crippen LogP contribution in [0.2, 0.25) is 0 Å². The van der Waals surface area contributed by atoms with E-state index in [2.05, 4.69) is 5.32 Å². The third kappa shape index (κ3) is 3.40. The predicted octanol–water partition coefficient (Wildman–Crippen LogP) is 4.31. The molecule has 2 aromatic carbocycles. The highest BCUT2D eigenvalue weighted by molar-refractivity contribution is 5.89. The number of nitrogens with one attached hydrogen (secondary N) is 1. The molecule has 0 amide bonds. The van der Waals surface area contributed by atoms with Crippen molar-refractivity contribution in [3.8, 4) is 0 Å². The Balaban J connectivity index is 2.19. The average Bonchev–Trinajstić information content (AvgIpc) is 2.41. The van der Waals surface area contributed by atoms with Crippen LogP contribution in [0.25, 0.3) is 0 Å². The molecule has 1 unspecified atom stereocenters. The minimum Gasteiger partial charge on any atom is -0.478 e. The molecule has 0 saturated heterocycles. The summed E-state index contributed by atoms with van der Waals surface area (Å²) in [6, 6.07) is 10.2. The van der Waals surface area contributed by atoms with Crippen LogP contribution in [-0.4, -0.2) is 11.1 Å². The van der Waals surface area contributed by atoms with Crippen LogP contribution < -0.4 is 5.32 Å². The molecule has 0 heterocycles. The zero-order chi connectivity index (χ0) is 15.6. The van der Waals surface area contributed by atoms with Gasteiger partial charge < -0.3 is 10.4 Å². The average molecular weight is 287 g/mol. The first-order valence-corrected chi connectivity index (χ1v) is 6.75. The summed E-state index contributed by atoms with van der Waals surface area (Å²) in [6.07, 6.45) is 0. The molecule has 0 aliphatic carbocycles. The molecule has 0 aromatic heterocycles. The molecule has 0 spiro atoms. The van der Waals surface area contributed by atoms with Crippen molar-refractivity contribution < 1.29 is 14.3 Å². The van der Waals surface area contributed by atoms with Crippen molar-refractivity contribution in [2.75, 3.05) is 5.32 Å². The van der Waals surface area contributed by atoms with Gasteiger partial charge in [0.2, 0.25) is 0 Å². The van der Waals surface area contributed by atoms with Crippen molar-refractivity contribution in [2.45, 2.75) is 26.8 Å². The monoisotopic (exact) mass is 287 g/mol. The highest BCUT2D eigenvalue weighted by atomic mass is 19.1. The molecular formula is C17H18FNO2. The third-order valence-corrected chi connectivity index (χ3v) is 3.54. The summed E-state index contributed by atoms with van der Waals surface area (Å²) in [5, 5.41) is 12.3. The van der Waals surface area contributed by atoms with Gasteiger partial charge in [0.15, 0.2) is 0 Å². The Hall–Kier alpha value is -2.36. The van der Waals surface area contributed by atoms with E-state index in [0.29, 0.717) is 11.1 Å². The smallest absolute Gasteiger partial charge is 0.335 e. The molecule has 0 bridgehead atoms. The number of benzene rings is 2. The van der Waals surface area contributed by atoms with Gasteiger partial charge in [-0.15, -0.1) is 0 Å². The lowest BCUT2D eigenvalue weighted by Crippen LogP contribution is -2.08. The van der Waals surface area contributed by atoms with E-state index in [1.807, 2.05) is 13.0 Å². The van der Waals surface area contributed by atoms with Gasteiger partial charge >= 0.3 is 5.97 Å². The number of carboxylic acid groups (broad SMARTS) is 1. The molecular weight excluding hydrogens is 269 g/mol. The highest BCUT2D eigenvalue weighted by Gasteiger charge is 2.10. The lowest BCUT2D eigenvalue weighted by atomic mass is 10.0. The number of hydrogen-bond acceptors (Lipinski definition) is 2. The minimum atomic E-state index is -0.937. The Bertz CT molecular complexity index is 682. The topological polar surface area (TPSA) is 49.3 Å². The molecule has 4 heteroatoms. The lowest BCUT2D eigenvalue weighted by molar-refractivity contribution is 0.0696. The fraction of sp³-hybridized carbons (Fsp3) is 0.235. The molecule has 3 nitrogen and oxygen atoms in total. The largest absolute Gasteiger partial charge is 0.478 e. The minimum absolute atomic E-state index is 0.0739. The highest BCUT2D eigenvalue weighted by Crippen LogP contribution is 2.23. The Morgan fingerprint density at radius 1 is 1.14 bits per heavy atom. The van der Waals surface area contributed by atoms with E-state index < -0.39 is 5.97 Å². The summed E-state index contributed by atoms with van der Waals surface area (Å²) in [5.74, 6) is -1.16. The first-order valence-electron chi connectivity index (χ1n) is 6.75. The first kappa shape index (κ1) is 15.0. The van der Waals surface area contributed by atoms with E-state index in [0.717, 1.165) is 11.3 Å². The van der Waals surface area contributed by atoms with E-state index in [4.69, 9.17) is 5.11 Å². The van der Waals surface area contributed by atoms with Crippen LogP contribution in [0.1, 0.15) is 40.0 Å². The zero-order valence-electron chi connectivity index (χ0n) is 12.3. The molecule has 2 aromatic rings. The van der Waals surface area contributed by atoms with Gasteiger partial charge in [-0.25, -0.2) is 9.18 Å². The SMILES string of the molecule is Cc1ccc(C(C)Nc2ccc(C(=O)O)c(C)c2)cc1F. The number of halogens is 1. The summed E-state index contributed by atoms with van der Waals surface area (Å²) in [4.78, 5) is 11.0. The number of aromatic carboxylic acids is 1. The van der Waals surface area contributed by atoms with Crippen molar-refractivity contribution in [2.24, 2.45) is 0 Å². The molecule has 0 saturated carbocycles. The van der Waals surface area contributed by atoms with Gasteiger partial charge in [-0.2, -0.15) is 0 Å². The number of hydrogen-bond donors (Lipinski definition) is 2. The van der Waals surface area contributed by atoms with Gasteiger partial charge in [0.05, 0.1) is 5.56 Å². The zero-order valence-corrected chi connectivity index (χ0v) is 12.3. The summed E-state index contributed by atoms with van der Waals surface area (Å²) in [6.45, 7) is 5.42. The molecule has 0 aliphatic rings. The Kier molecular flexibility index (Phi) is 4.26. The van der Waals surface area contributed by atoms with Crippen LogP contribution in [-0.2, 0) is 0 Å². The Labute approximate surface area is 123 Å². The maximum Gasteiger partial charge on any atom is 0.335 e. The van der Waals surface area contributed by atoms with E-state index in [-0.39, 0.29) is 17.4 Å². The number of carbonyl (C=O) groups is 1. The molecule has 2 N–H and O–H groups in total. The van der Waals surface area contributed by atoms with E-state index in [9.17, 15) is 9.18 Å². The van der Waals surface area contributed by atoms with Crippen molar-refractivity contribution in [3.05, 3.63) is 64.5 Å². The summed E-state index contributed by atoms with van der Waals surface area (Å²) in [7, 11) is 0. The molecule has 0 radical (unpaired) electrons. The van der Waals surface area contributed by atoms with E-state index in [1.165, 1.54) is 6.07 Å². The maximum absolute atomic E-state index is 13.6. The van der Waals surface area contributed by atoms with Crippen LogP contribution in [0.3, 0.4) is 0 Å². The fourth-order valence-corrected chi connectivity index (χ4v) is 2.21. The molecule has 0 aliphatic heterocycles. The summed E-state index contributed by atoms with van der Waals surface area (Å²) < 4.78 is 13.6. The standard InChI is InChI=1S/C17H18FNO2/c1-10-4-5-13(9-16(10)18)12(3)19-14-6-7-15(17(20)21)11(2)8-14/h4-9,12,19H,1-3H3,(H,20,21). The quantitative estimate of drug-likeness (QED) is 0.880. The predicted molar refractivity (Wildman–Crippen MR) is 81.3 cm³/mol. The molecule has 21 heavy (non-hydrogen) atoms. The van der Waals surface area contributed by atoms with Crippen molar-refractivity contribution >= 4 is 11.7 Å². The van der Waals surface area contributed by atoms with Gasteiger partial charge in [-0.3, -0.25) is 0 Å². The van der Waals surface area contributed by atoms with E-state index in [1.54, 1.807) is 38.1 Å². The van der Waals surface area contributed by atoms with Crippen LogP contribution >= 0.6 is 0 Å². The van der Waals surface area contributed by atoms with Gasteiger partial charge in [-0.1, -0.05) is 12.1 Å². The maximum atomic E-state index is 13.6. The second-order valence-corrected chi connectivity index (χ2v) is 5.21. The number of carboxylic acids is 1. The van der Waals surface area contributed by atoms with Crippen LogP contribution in [0.5, 0.6) is 0 Å². The van der Waals surface area contributed by atoms with Crippen LogP contribution in [0, 0.1) is 19.7 Å². The molecule has 0 fully saturated rings. The van der Waals surface area contributed by atoms with Gasteiger partial charge in [0, 0.05) is 11.7 Å². The van der Waals surface area contributed by atoms with Crippen molar-refractivity contribution in [1.82, 2.24) is 0 Å². The number of rotatable bonds is 4. The summed E-state index contributed by atoms with van der Waals surface area (Å²) >= 11 is 0. The fourth-order valence-electron chi connectivity index (χ4n) is 2.21. The second-order valence-electron chi connectivity index (χ2n) is 5.21. The molecule has 2 rings (SSSR count). The Morgan fingerprint density at radius 3 is 2.43 bits per heavy atom. The van der Waals surface area contributed by atoms with Crippen molar-refractivity contribution in [1.29, 1.82) is 0 Å². The Morgan fingerprint density at radius 2 is 1.86 bits per heavy atom. The van der Waals surface area contributed by atoms with Crippen LogP contribution in [0.15, 0.2) is 36.4 Å². The third-order valence-electron chi connectivity index (χ3n) is 3.54. The lowest BCUT2D eigenvalue weighted by Gasteiger charge is -2.17. The second kappa shape index (κ2) is 5.95. The van der Waals surface area contributed by atoms with Gasteiger partial charge in [0.1, 0.15) is 5.82 Å². The van der Waals surface area contributed by atoms with Crippen molar-refractivity contribution in [3.63, 3.8) is 0 Å². The number of aryl methyl sites for hydroxylation is 2. The summed E-state index contributed by atoms with van der Waals surface area (Å²) in [5.41, 5.74) is 3.25. The molecule has 110 valence electrons.